The molecule has 0 spiro atoms. The van der Waals surface area contributed by atoms with Crippen molar-refractivity contribution in [1.82, 2.24) is 0 Å². The van der Waals surface area contributed by atoms with Crippen LogP contribution in [0.1, 0.15) is 5.56 Å². The fourth-order valence-corrected chi connectivity index (χ4v) is 2.09. The lowest BCUT2D eigenvalue weighted by molar-refractivity contribution is 0.397. The topological polar surface area (TPSA) is 44.5 Å². The Balaban J connectivity index is 2.70. The van der Waals surface area contributed by atoms with E-state index in [9.17, 15) is 4.39 Å². The van der Waals surface area contributed by atoms with E-state index in [0.29, 0.717) is 17.1 Å². The van der Waals surface area contributed by atoms with Crippen LogP contribution in [0.3, 0.4) is 0 Å². The number of ether oxygens (including phenoxy) is 2. The molecule has 100 valence electrons. The lowest BCUT2D eigenvalue weighted by Crippen LogP contribution is -2.02. The molecule has 19 heavy (non-hydrogen) atoms. The molecule has 0 aliphatic carbocycles. The average Bonchev–Trinajstić information content (AvgIpc) is 2.46. The van der Waals surface area contributed by atoms with Crippen molar-refractivity contribution in [3.8, 4) is 22.6 Å². The van der Waals surface area contributed by atoms with Gasteiger partial charge in [-0.2, -0.15) is 0 Å². The molecular formula is C15H16FNO2. The standard InChI is InChI=1S/C15H16FNO2/c1-18-13-4-3-5-14(19-2)15(13)12-7-6-11(16)8-10(12)9-17/h3-8H,9,17H2,1-2H3. The van der Waals surface area contributed by atoms with Gasteiger partial charge in [-0.25, -0.2) is 4.39 Å². The molecule has 4 heteroatoms. The first-order valence-corrected chi connectivity index (χ1v) is 5.91. The zero-order valence-corrected chi connectivity index (χ0v) is 10.9. The van der Waals surface area contributed by atoms with Crippen LogP contribution in [0.5, 0.6) is 11.5 Å². The number of nitrogens with two attached hydrogens (primary N) is 1. The van der Waals surface area contributed by atoms with Gasteiger partial charge in [0.05, 0.1) is 19.8 Å². The number of rotatable bonds is 4. The Hall–Kier alpha value is -2.07. The zero-order valence-electron chi connectivity index (χ0n) is 10.9. The summed E-state index contributed by atoms with van der Waals surface area (Å²) in [6.45, 7) is 0.244. The number of hydrogen-bond acceptors (Lipinski definition) is 3. The van der Waals surface area contributed by atoms with Gasteiger partial charge in [0, 0.05) is 6.54 Å². The van der Waals surface area contributed by atoms with E-state index in [4.69, 9.17) is 15.2 Å². The summed E-state index contributed by atoms with van der Waals surface area (Å²) in [5.41, 5.74) is 8.01. The van der Waals surface area contributed by atoms with Gasteiger partial charge in [0.25, 0.3) is 0 Å². The van der Waals surface area contributed by atoms with E-state index in [-0.39, 0.29) is 12.4 Å². The van der Waals surface area contributed by atoms with Gasteiger partial charge in [-0.3, -0.25) is 0 Å². The molecule has 0 aliphatic heterocycles. The van der Waals surface area contributed by atoms with E-state index in [2.05, 4.69) is 0 Å². The highest BCUT2D eigenvalue weighted by molar-refractivity contribution is 5.79. The van der Waals surface area contributed by atoms with Crippen molar-refractivity contribution in [3.63, 3.8) is 0 Å². The minimum absolute atomic E-state index is 0.244. The SMILES string of the molecule is COc1cccc(OC)c1-c1ccc(F)cc1CN. The average molecular weight is 261 g/mol. The smallest absolute Gasteiger partial charge is 0.130 e. The minimum Gasteiger partial charge on any atom is -0.496 e. The van der Waals surface area contributed by atoms with Crippen LogP contribution in [0.2, 0.25) is 0 Å². The zero-order chi connectivity index (χ0) is 13.8. The molecule has 0 aromatic heterocycles. The fraction of sp³-hybridized carbons (Fsp3) is 0.200. The monoisotopic (exact) mass is 261 g/mol. The quantitative estimate of drug-likeness (QED) is 0.920. The molecule has 2 aromatic carbocycles. The molecule has 0 heterocycles. The maximum atomic E-state index is 13.3. The molecule has 0 aliphatic rings. The Kier molecular flexibility index (Phi) is 4.02. The molecule has 0 saturated carbocycles. The highest BCUT2D eigenvalue weighted by Gasteiger charge is 2.15. The van der Waals surface area contributed by atoms with Gasteiger partial charge >= 0.3 is 0 Å². The third-order valence-corrected chi connectivity index (χ3v) is 2.98. The third-order valence-electron chi connectivity index (χ3n) is 2.98. The molecule has 0 amide bonds. The fourth-order valence-electron chi connectivity index (χ4n) is 2.09. The molecule has 0 fully saturated rings. The van der Waals surface area contributed by atoms with Crippen LogP contribution in [-0.2, 0) is 6.54 Å². The highest BCUT2D eigenvalue weighted by atomic mass is 19.1. The van der Waals surface area contributed by atoms with Gasteiger partial charge in [0.15, 0.2) is 0 Å². The van der Waals surface area contributed by atoms with E-state index in [0.717, 1.165) is 11.1 Å². The van der Waals surface area contributed by atoms with E-state index >= 15 is 0 Å². The first-order chi connectivity index (χ1) is 9.21. The predicted octanol–water partition coefficient (Wildman–Crippen LogP) is 2.97. The van der Waals surface area contributed by atoms with E-state index in [1.807, 2.05) is 18.2 Å². The summed E-state index contributed by atoms with van der Waals surface area (Å²) >= 11 is 0. The van der Waals surface area contributed by atoms with Crippen LogP contribution in [0.15, 0.2) is 36.4 Å². The van der Waals surface area contributed by atoms with Gasteiger partial charge in [0.1, 0.15) is 17.3 Å². The largest absolute Gasteiger partial charge is 0.496 e. The summed E-state index contributed by atoms with van der Waals surface area (Å²) in [6.07, 6.45) is 0. The van der Waals surface area contributed by atoms with Crippen LogP contribution in [0.25, 0.3) is 11.1 Å². The predicted molar refractivity (Wildman–Crippen MR) is 72.8 cm³/mol. The summed E-state index contributed by atoms with van der Waals surface area (Å²) in [5, 5.41) is 0. The molecule has 0 atom stereocenters. The lowest BCUT2D eigenvalue weighted by atomic mass is 9.97. The summed E-state index contributed by atoms with van der Waals surface area (Å²) < 4.78 is 24.0. The van der Waals surface area contributed by atoms with Crippen LogP contribution in [0.4, 0.5) is 4.39 Å². The Morgan fingerprint density at radius 3 is 2.21 bits per heavy atom. The summed E-state index contributed by atoms with van der Waals surface area (Å²) in [7, 11) is 3.17. The van der Waals surface area contributed by atoms with Crippen molar-refractivity contribution in [2.45, 2.75) is 6.54 Å². The van der Waals surface area contributed by atoms with Gasteiger partial charge < -0.3 is 15.2 Å². The molecule has 0 bridgehead atoms. The Labute approximate surface area is 111 Å². The van der Waals surface area contributed by atoms with Gasteiger partial charge in [-0.15, -0.1) is 0 Å². The molecule has 2 rings (SSSR count). The van der Waals surface area contributed by atoms with Crippen molar-refractivity contribution in [2.24, 2.45) is 5.73 Å². The van der Waals surface area contributed by atoms with Crippen LogP contribution >= 0.6 is 0 Å². The summed E-state index contributed by atoms with van der Waals surface area (Å²) in [5.74, 6) is 1.03. The second-order valence-electron chi connectivity index (χ2n) is 4.04. The number of hydrogen-bond donors (Lipinski definition) is 1. The first kappa shape index (κ1) is 13.4. The second kappa shape index (κ2) is 5.71. The molecule has 2 aromatic rings. The minimum atomic E-state index is -0.307. The molecular weight excluding hydrogens is 245 g/mol. The Bertz CT molecular complexity index is 562. The van der Waals surface area contributed by atoms with Crippen LogP contribution in [-0.4, -0.2) is 14.2 Å². The maximum absolute atomic E-state index is 13.3. The van der Waals surface area contributed by atoms with Crippen molar-refractivity contribution >= 4 is 0 Å². The maximum Gasteiger partial charge on any atom is 0.130 e. The van der Waals surface area contributed by atoms with E-state index in [1.54, 1.807) is 20.3 Å². The molecule has 0 unspecified atom stereocenters. The van der Waals surface area contributed by atoms with Gasteiger partial charge in [-0.05, 0) is 35.4 Å². The molecule has 0 saturated heterocycles. The number of methoxy groups -OCH3 is 2. The summed E-state index contributed by atoms with van der Waals surface area (Å²) in [6, 6.07) is 10.0. The van der Waals surface area contributed by atoms with Crippen molar-refractivity contribution < 1.29 is 13.9 Å². The highest BCUT2D eigenvalue weighted by Crippen LogP contribution is 2.39. The van der Waals surface area contributed by atoms with Crippen molar-refractivity contribution in [1.29, 1.82) is 0 Å². The van der Waals surface area contributed by atoms with Crippen LogP contribution in [0, 0.1) is 5.82 Å². The van der Waals surface area contributed by atoms with Crippen LogP contribution < -0.4 is 15.2 Å². The summed E-state index contributed by atoms with van der Waals surface area (Å²) in [4.78, 5) is 0. The van der Waals surface area contributed by atoms with E-state index < -0.39 is 0 Å². The normalized spacial score (nSPS) is 10.3. The molecule has 3 nitrogen and oxygen atoms in total. The van der Waals surface area contributed by atoms with Gasteiger partial charge in [-0.1, -0.05) is 12.1 Å². The molecule has 0 radical (unpaired) electrons. The number of halogens is 1. The number of benzene rings is 2. The van der Waals surface area contributed by atoms with Crippen molar-refractivity contribution in [3.05, 3.63) is 47.8 Å². The van der Waals surface area contributed by atoms with E-state index in [1.165, 1.54) is 12.1 Å². The molecule has 2 N–H and O–H groups in total. The Morgan fingerprint density at radius 1 is 1.05 bits per heavy atom. The van der Waals surface area contributed by atoms with Crippen molar-refractivity contribution in [2.75, 3.05) is 14.2 Å². The Morgan fingerprint density at radius 2 is 1.68 bits per heavy atom. The first-order valence-electron chi connectivity index (χ1n) is 5.91. The third kappa shape index (κ3) is 2.53. The lowest BCUT2D eigenvalue weighted by Gasteiger charge is -2.15. The second-order valence-corrected chi connectivity index (χ2v) is 4.04. The van der Waals surface area contributed by atoms with Gasteiger partial charge in [0.2, 0.25) is 0 Å².